The van der Waals surface area contributed by atoms with Gasteiger partial charge < -0.3 is 10.4 Å². The summed E-state index contributed by atoms with van der Waals surface area (Å²) in [5, 5.41) is 12.0. The van der Waals surface area contributed by atoms with Crippen molar-refractivity contribution in [3.63, 3.8) is 0 Å². The number of hydrogen-bond acceptors (Lipinski definition) is 4. The molecule has 1 unspecified atom stereocenters. The molecule has 5 nitrogen and oxygen atoms in total. The summed E-state index contributed by atoms with van der Waals surface area (Å²) in [5.74, 6) is -2.23. The lowest BCUT2D eigenvalue weighted by Gasteiger charge is -2.34. The Morgan fingerprint density at radius 2 is 2.16 bits per heavy atom. The number of carbonyl (C=O) groups is 1. The maximum Gasteiger partial charge on any atom is 0.330 e. The van der Waals surface area contributed by atoms with E-state index in [0.717, 1.165) is 6.07 Å². The van der Waals surface area contributed by atoms with E-state index in [4.69, 9.17) is 0 Å². The van der Waals surface area contributed by atoms with Gasteiger partial charge in [0.05, 0.1) is 11.5 Å². The molecule has 0 aliphatic carbocycles. The second kappa shape index (κ2) is 4.80. The van der Waals surface area contributed by atoms with Gasteiger partial charge in [0.25, 0.3) is 0 Å². The van der Waals surface area contributed by atoms with Crippen molar-refractivity contribution in [1.29, 1.82) is 0 Å². The number of anilines is 1. The number of hydrogen-bond donors (Lipinski definition) is 2. The van der Waals surface area contributed by atoms with Crippen LogP contribution < -0.4 is 5.32 Å². The van der Waals surface area contributed by atoms with Crippen molar-refractivity contribution in [2.45, 2.75) is 18.4 Å². The summed E-state index contributed by atoms with van der Waals surface area (Å²) >= 11 is 0. The number of sulfone groups is 1. The topological polar surface area (TPSA) is 83.5 Å². The van der Waals surface area contributed by atoms with Gasteiger partial charge in [-0.25, -0.2) is 17.6 Å². The molecule has 0 saturated carbocycles. The lowest BCUT2D eigenvalue weighted by atomic mass is 9.95. The molecule has 1 heterocycles. The average Bonchev–Trinajstić information content (AvgIpc) is 2.27. The third-order valence-electron chi connectivity index (χ3n) is 3.14. The van der Waals surface area contributed by atoms with Crippen molar-refractivity contribution in [2.24, 2.45) is 0 Å². The van der Waals surface area contributed by atoms with Crippen molar-refractivity contribution in [2.75, 3.05) is 16.8 Å². The van der Waals surface area contributed by atoms with Crippen molar-refractivity contribution < 1.29 is 22.7 Å². The van der Waals surface area contributed by atoms with Crippen LogP contribution in [0.5, 0.6) is 0 Å². The number of rotatable bonds is 3. The van der Waals surface area contributed by atoms with Gasteiger partial charge in [-0.05, 0) is 31.0 Å². The Bertz CT molecular complexity index is 602. The normalized spacial score (nSPS) is 25.7. The third-order valence-corrected chi connectivity index (χ3v) is 4.99. The molecule has 1 saturated heterocycles. The van der Waals surface area contributed by atoms with E-state index in [9.17, 15) is 22.7 Å². The SMILES string of the molecule is O=C(O)C1(Nc2cccc(F)c2)CCCS(=O)(=O)C1. The van der Waals surface area contributed by atoms with E-state index >= 15 is 0 Å². The fraction of sp³-hybridized carbons (Fsp3) is 0.417. The highest BCUT2D eigenvalue weighted by molar-refractivity contribution is 7.91. The van der Waals surface area contributed by atoms with Crippen LogP contribution in [0, 0.1) is 5.82 Å². The Hall–Kier alpha value is -1.63. The van der Waals surface area contributed by atoms with Crippen LogP contribution in [0.1, 0.15) is 12.8 Å². The molecule has 0 bridgehead atoms. The summed E-state index contributed by atoms with van der Waals surface area (Å²) in [4.78, 5) is 11.4. The van der Waals surface area contributed by atoms with Gasteiger partial charge >= 0.3 is 5.97 Å². The summed E-state index contributed by atoms with van der Waals surface area (Å²) in [7, 11) is -3.40. The number of nitrogens with one attached hydrogen (secondary N) is 1. The van der Waals surface area contributed by atoms with Gasteiger partial charge in [0.2, 0.25) is 0 Å². The van der Waals surface area contributed by atoms with Crippen LogP contribution in [0.25, 0.3) is 0 Å². The molecule has 1 atom stereocenters. The first-order chi connectivity index (χ1) is 8.83. The first kappa shape index (κ1) is 13.8. The number of benzene rings is 1. The lowest BCUT2D eigenvalue weighted by Crippen LogP contribution is -2.54. The maximum absolute atomic E-state index is 13.1. The van der Waals surface area contributed by atoms with E-state index in [0.29, 0.717) is 0 Å². The molecular weight excluding hydrogens is 273 g/mol. The summed E-state index contributed by atoms with van der Waals surface area (Å²) in [5.41, 5.74) is -1.32. The monoisotopic (exact) mass is 287 g/mol. The summed E-state index contributed by atoms with van der Waals surface area (Å²) in [6, 6.07) is 5.32. The summed E-state index contributed by atoms with van der Waals surface area (Å²) < 4.78 is 36.4. The molecule has 1 aromatic carbocycles. The standard InChI is InChI=1S/C12H14FNO4S/c13-9-3-1-4-10(7-9)14-12(11(15)16)5-2-6-19(17,18)8-12/h1,3-4,7,14H,2,5-6,8H2,(H,15,16). The molecule has 1 aliphatic heterocycles. The predicted octanol–water partition coefficient (Wildman–Crippen LogP) is 1.27. The van der Waals surface area contributed by atoms with Crippen LogP contribution in [0.4, 0.5) is 10.1 Å². The summed E-state index contributed by atoms with van der Waals surface area (Å²) in [6.45, 7) is 0. The average molecular weight is 287 g/mol. The number of aliphatic carboxylic acids is 1. The zero-order valence-corrected chi connectivity index (χ0v) is 10.9. The highest BCUT2D eigenvalue weighted by Gasteiger charge is 2.45. The highest BCUT2D eigenvalue weighted by atomic mass is 32.2. The second-order valence-corrected chi connectivity index (χ2v) is 6.90. The molecule has 1 aliphatic rings. The van der Waals surface area contributed by atoms with Gasteiger partial charge in [0.1, 0.15) is 11.4 Å². The van der Waals surface area contributed by atoms with E-state index in [1.165, 1.54) is 18.2 Å². The van der Waals surface area contributed by atoms with Gasteiger partial charge in [-0.2, -0.15) is 0 Å². The predicted molar refractivity (Wildman–Crippen MR) is 68.3 cm³/mol. The largest absolute Gasteiger partial charge is 0.479 e. The molecule has 0 amide bonds. The molecule has 0 aromatic heterocycles. The highest BCUT2D eigenvalue weighted by Crippen LogP contribution is 2.28. The first-order valence-corrected chi connectivity index (χ1v) is 7.63. The number of halogens is 1. The van der Waals surface area contributed by atoms with E-state index in [-0.39, 0.29) is 24.3 Å². The maximum atomic E-state index is 13.1. The minimum absolute atomic E-state index is 0.00708. The lowest BCUT2D eigenvalue weighted by molar-refractivity contribution is -0.141. The molecule has 2 rings (SSSR count). The Morgan fingerprint density at radius 1 is 1.42 bits per heavy atom. The molecule has 0 radical (unpaired) electrons. The van der Waals surface area contributed by atoms with Gasteiger partial charge in [0.15, 0.2) is 9.84 Å². The number of carboxylic acid groups (broad SMARTS) is 1. The van der Waals surface area contributed by atoms with Crippen molar-refractivity contribution in [3.05, 3.63) is 30.1 Å². The second-order valence-electron chi connectivity index (χ2n) is 4.72. The van der Waals surface area contributed by atoms with Crippen LogP contribution in [-0.2, 0) is 14.6 Å². The molecular formula is C12H14FNO4S. The minimum Gasteiger partial charge on any atom is -0.479 e. The zero-order valence-electron chi connectivity index (χ0n) is 10.1. The van der Waals surface area contributed by atoms with Crippen LogP contribution in [0.15, 0.2) is 24.3 Å². The van der Waals surface area contributed by atoms with Crippen molar-refractivity contribution in [1.82, 2.24) is 0 Å². The summed E-state index contributed by atoms with van der Waals surface area (Å²) in [6.07, 6.45) is 0.467. The van der Waals surface area contributed by atoms with Gasteiger partial charge in [-0.15, -0.1) is 0 Å². The molecule has 104 valence electrons. The Morgan fingerprint density at radius 3 is 2.74 bits per heavy atom. The van der Waals surface area contributed by atoms with E-state index in [1.807, 2.05) is 0 Å². The van der Waals surface area contributed by atoms with E-state index in [2.05, 4.69) is 5.32 Å². The number of carboxylic acids is 1. The minimum atomic E-state index is -3.40. The van der Waals surface area contributed by atoms with Crippen molar-refractivity contribution in [3.8, 4) is 0 Å². The molecule has 0 spiro atoms. The van der Waals surface area contributed by atoms with Gasteiger partial charge in [0, 0.05) is 5.69 Å². The molecule has 1 aromatic rings. The van der Waals surface area contributed by atoms with E-state index < -0.39 is 32.9 Å². The van der Waals surface area contributed by atoms with Crippen LogP contribution >= 0.6 is 0 Å². The first-order valence-electron chi connectivity index (χ1n) is 5.81. The van der Waals surface area contributed by atoms with Crippen molar-refractivity contribution >= 4 is 21.5 Å². The Balaban J connectivity index is 2.33. The molecule has 7 heteroatoms. The van der Waals surface area contributed by atoms with E-state index in [1.54, 1.807) is 0 Å². The molecule has 2 N–H and O–H groups in total. The Kier molecular flexibility index (Phi) is 3.49. The van der Waals surface area contributed by atoms with Crippen LogP contribution in [-0.4, -0.2) is 36.5 Å². The quantitative estimate of drug-likeness (QED) is 0.874. The molecule has 1 fully saturated rings. The fourth-order valence-electron chi connectivity index (χ4n) is 2.28. The molecule has 19 heavy (non-hydrogen) atoms. The van der Waals surface area contributed by atoms with Gasteiger partial charge in [-0.1, -0.05) is 6.07 Å². The van der Waals surface area contributed by atoms with Crippen LogP contribution in [0.3, 0.4) is 0 Å². The zero-order chi connectivity index (χ0) is 14.1. The third kappa shape index (κ3) is 3.04. The fourth-order valence-corrected chi connectivity index (χ4v) is 4.10. The van der Waals surface area contributed by atoms with Crippen LogP contribution in [0.2, 0.25) is 0 Å². The Labute approximate surface area is 110 Å². The van der Waals surface area contributed by atoms with Gasteiger partial charge in [-0.3, -0.25) is 0 Å². The smallest absolute Gasteiger partial charge is 0.330 e.